The van der Waals surface area contributed by atoms with E-state index < -0.39 is 0 Å². The van der Waals surface area contributed by atoms with Crippen molar-refractivity contribution in [1.82, 2.24) is 15.5 Å². The molecule has 3 saturated heterocycles. The van der Waals surface area contributed by atoms with Crippen LogP contribution < -0.4 is 10.6 Å². The largest absolute Gasteiger partial charge is 0.383 e. The molecule has 3 rings (SSSR count). The van der Waals surface area contributed by atoms with Crippen LogP contribution >= 0.6 is 12.2 Å². The molecule has 4 nitrogen and oxygen atoms in total. The number of rotatable bonds is 6. The second-order valence-corrected chi connectivity index (χ2v) is 5.87. The van der Waals surface area contributed by atoms with Crippen molar-refractivity contribution >= 4 is 17.3 Å². The van der Waals surface area contributed by atoms with Crippen LogP contribution in [0.15, 0.2) is 12.7 Å². The van der Waals surface area contributed by atoms with Crippen molar-refractivity contribution < 1.29 is 4.74 Å². The van der Waals surface area contributed by atoms with E-state index in [-0.39, 0.29) is 0 Å². The van der Waals surface area contributed by atoms with E-state index in [1.54, 1.807) is 7.11 Å². The molecule has 0 spiro atoms. The van der Waals surface area contributed by atoms with Crippen LogP contribution in [-0.2, 0) is 4.74 Å². The average molecular weight is 283 g/mol. The Bertz CT molecular complexity index is 324. The van der Waals surface area contributed by atoms with Gasteiger partial charge in [0.2, 0.25) is 0 Å². The van der Waals surface area contributed by atoms with Crippen LogP contribution in [0, 0.1) is 11.8 Å². The highest BCUT2D eigenvalue weighted by atomic mass is 32.1. The second-order valence-electron chi connectivity index (χ2n) is 5.46. The van der Waals surface area contributed by atoms with E-state index in [1.807, 2.05) is 0 Å². The molecular weight excluding hydrogens is 258 g/mol. The predicted molar refractivity (Wildman–Crippen MR) is 82.3 cm³/mol. The Morgan fingerprint density at radius 3 is 3.00 bits per heavy atom. The molecular formula is C14H25N3OS. The molecule has 3 aliphatic rings. The van der Waals surface area contributed by atoms with Crippen molar-refractivity contribution in [2.24, 2.45) is 11.8 Å². The van der Waals surface area contributed by atoms with Crippen molar-refractivity contribution in [3.8, 4) is 0 Å². The Hall–Kier alpha value is -0.650. The SMILES string of the molecule is C=CC1CN2CCC1CC2CNC(=S)NCCOC. The molecule has 4 unspecified atom stereocenters. The van der Waals surface area contributed by atoms with E-state index in [2.05, 4.69) is 28.2 Å². The van der Waals surface area contributed by atoms with Crippen LogP contribution in [0.1, 0.15) is 12.8 Å². The number of ether oxygens (including phenoxy) is 1. The molecule has 3 heterocycles. The molecule has 0 aliphatic carbocycles. The number of nitrogens with zero attached hydrogens (tertiary/aromatic N) is 1. The lowest BCUT2D eigenvalue weighted by molar-refractivity contribution is 0.0215. The summed E-state index contributed by atoms with van der Waals surface area (Å²) in [7, 11) is 1.69. The van der Waals surface area contributed by atoms with E-state index in [0.717, 1.165) is 24.1 Å². The summed E-state index contributed by atoms with van der Waals surface area (Å²) in [4.78, 5) is 2.58. The topological polar surface area (TPSA) is 36.5 Å². The van der Waals surface area contributed by atoms with Gasteiger partial charge in [-0.15, -0.1) is 6.58 Å². The minimum Gasteiger partial charge on any atom is -0.383 e. The van der Waals surface area contributed by atoms with E-state index in [4.69, 9.17) is 17.0 Å². The fraction of sp³-hybridized carbons (Fsp3) is 0.786. The quantitative estimate of drug-likeness (QED) is 0.432. The number of fused-ring (bicyclic) bond motifs is 3. The lowest BCUT2D eigenvalue weighted by Crippen LogP contribution is -2.57. The standard InChI is InChI=1S/C14H25N3OS/c1-3-11-10-17-6-4-12(11)8-13(17)9-16-14(19)15-5-7-18-2/h3,11-13H,1,4-10H2,2H3,(H2,15,16,19). The normalized spacial score (nSPS) is 32.9. The van der Waals surface area contributed by atoms with Crippen molar-refractivity contribution in [2.45, 2.75) is 18.9 Å². The van der Waals surface area contributed by atoms with Gasteiger partial charge < -0.3 is 15.4 Å². The molecule has 19 heavy (non-hydrogen) atoms. The maximum Gasteiger partial charge on any atom is 0.166 e. The average Bonchev–Trinajstić information content (AvgIpc) is 2.46. The number of methoxy groups -OCH3 is 1. The molecule has 0 aromatic rings. The Labute approximate surface area is 121 Å². The van der Waals surface area contributed by atoms with Crippen LogP contribution in [0.3, 0.4) is 0 Å². The molecule has 3 fully saturated rings. The van der Waals surface area contributed by atoms with Gasteiger partial charge >= 0.3 is 0 Å². The maximum atomic E-state index is 5.26. The predicted octanol–water partition coefficient (Wildman–Crippen LogP) is 0.993. The van der Waals surface area contributed by atoms with E-state index in [0.29, 0.717) is 18.6 Å². The van der Waals surface area contributed by atoms with Gasteiger partial charge in [-0.05, 0) is 43.4 Å². The Morgan fingerprint density at radius 2 is 2.37 bits per heavy atom. The van der Waals surface area contributed by atoms with Gasteiger partial charge in [0.25, 0.3) is 0 Å². The third-order valence-electron chi connectivity index (χ3n) is 4.32. The lowest BCUT2D eigenvalue weighted by Gasteiger charge is -2.49. The molecule has 0 amide bonds. The monoisotopic (exact) mass is 283 g/mol. The van der Waals surface area contributed by atoms with Gasteiger partial charge in [0.15, 0.2) is 5.11 Å². The van der Waals surface area contributed by atoms with Crippen LogP contribution in [0.5, 0.6) is 0 Å². The van der Waals surface area contributed by atoms with E-state index >= 15 is 0 Å². The molecule has 3 aliphatic heterocycles. The third kappa shape index (κ3) is 3.91. The van der Waals surface area contributed by atoms with Crippen molar-refractivity contribution in [1.29, 1.82) is 0 Å². The Morgan fingerprint density at radius 1 is 1.53 bits per heavy atom. The zero-order valence-electron chi connectivity index (χ0n) is 11.7. The zero-order chi connectivity index (χ0) is 13.7. The number of hydrogen-bond donors (Lipinski definition) is 2. The molecule has 0 aromatic carbocycles. The van der Waals surface area contributed by atoms with Crippen LogP contribution in [-0.4, -0.2) is 55.9 Å². The van der Waals surface area contributed by atoms with Crippen LogP contribution in [0.25, 0.3) is 0 Å². The van der Waals surface area contributed by atoms with Gasteiger partial charge in [-0.3, -0.25) is 4.90 Å². The fourth-order valence-electron chi connectivity index (χ4n) is 3.20. The smallest absolute Gasteiger partial charge is 0.166 e. The molecule has 4 atom stereocenters. The van der Waals surface area contributed by atoms with E-state index in [1.165, 1.54) is 25.9 Å². The minimum atomic E-state index is 0.622. The summed E-state index contributed by atoms with van der Waals surface area (Å²) in [6.45, 7) is 8.74. The first-order chi connectivity index (χ1) is 9.24. The highest BCUT2D eigenvalue weighted by Crippen LogP contribution is 2.36. The summed E-state index contributed by atoms with van der Waals surface area (Å²) in [6.07, 6.45) is 4.73. The number of nitrogens with one attached hydrogen (secondary N) is 2. The lowest BCUT2D eigenvalue weighted by atomic mass is 9.76. The first-order valence-electron chi connectivity index (χ1n) is 7.11. The van der Waals surface area contributed by atoms with Crippen LogP contribution in [0.2, 0.25) is 0 Å². The van der Waals surface area contributed by atoms with Gasteiger partial charge in [0, 0.05) is 32.8 Å². The van der Waals surface area contributed by atoms with Gasteiger partial charge in [-0.2, -0.15) is 0 Å². The third-order valence-corrected chi connectivity index (χ3v) is 4.61. The fourth-order valence-corrected chi connectivity index (χ4v) is 3.38. The van der Waals surface area contributed by atoms with E-state index in [9.17, 15) is 0 Å². The van der Waals surface area contributed by atoms with Gasteiger partial charge in [0.1, 0.15) is 0 Å². The van der Waals surface area contributed by atoms with Crippen molar-refractivity contribution in [2.75, 3.05) is 39.9 Å². The summed E-state index contributed by atoms with van der Waals surface area (Å²) in [6, 6.07) is 0.622. The van der Waals surface area contributed by atoms with Crippen molar-refractivity contribution in [3.63, 3.8) is 0 Å². The van der Waals surface area contributed by atoms with Gasteiger partial charge in [0.05, 0.1) is 6.61 Å². The second kappa shape index (κ2) is 7.22. The van der Waals surface area contributed by atoms with Crippen molar-refractivity contribution in [3.05, 3.63) is 12.7 Å². The molecule has 0 aromatic heterocycles. The zero-order valence-corrected chi connectivity index (χ0v) is 12.5. The molecule has 108 valence electrons. The number of piperidine rings is 3. The van der Waals surface area contributed by atoms with Gasteiger partial charge in [-0.1, -0.05) is 6.08 Å². The van der Waals surface area contributed by atoms with Crippen LogP contribution in [0.4, 0.5) is 0 Å². The van der Waals surface area contributed by atoms with Gasteiger partial charge in [-0.25, -0.2) is 0 Å². The highest BCUT2D eigenvalue weighted by molar-refractivity contribution is 7.80. The first kappa shape index (κ1) is 14.8. The summed E-state index contributed by atoms with van der Waals surface area (Å²) in [5.41, 5.74) is 0. The summed E-state index contributed by atoms with van der Waals surface area (Å²) in [5.74, 6) is 1.51. The summed E-state index contributed by atoms with van der Waals surface area (Å²) < 4.78 is 4.98. The number of thiocarbonyl (C=S) groups is 1. The molecule has 5 heteroatoms. The first-order valence-corrected chi connectivity index (χ1v) is 7.52. The summed E-state index contributed by atoms with van der Waals surface area (Å²) in [5, 5.41) is 7.21. The highest BCUT2D eigenvalue weighted by Gasteiger charge is 2.38. The molecule has 2 bridgehead atoms. The molecule has 0 radical (unpaired) electrons. The molecule has 2 N–H and O–H groups in total. The Balaban J connectivity index is 1.70. The molecule has 0 saturated carbocycles. The minimum absolute atomic E-state index is 0.622. The summed E-state index contributed by atoms with van der Waals surface area (Å²) >= 11 is 5.26. The number of hydrogen-bond acceptors (Lipinski definition) is 3. The Kier molecular flexibility index (Phi) is 5.60. The maximum absolute atomic E-state index is 5.26.